The first-order chi connectivity index (χ1) is 15.8. The summed E-state index contributed by atoms with van der Waals surface area (Å²) in [6, 6.07) is 10.7. The van der Waals surface area contributed by atoms with Crippen LogP contribution in [-0.4, -0.2) is 27.3 Å². The van der Waals surface area contributed by atoms with E-state index in [1.54, 1.807) is 34.1 Å². The first-order valence-electron chi connectivity index (χ1n) is 9.68. The molecule has 164 valence electrons. The molecule has 10 nitrogen and oxygen atoms in total. The van der Waals surface area contributed by atoms with Crippen molar-refractivity contribution < 1.29 is 19.7 Å². The van der Waals surface area contributed by atoms with Gasteiger partial charge in [0.05, 0.1) is 39.9 Å². The van der Waals surface area contributed by atoms with E-state index < -0.39 is 15.6 Å². The Bertz CT molecular complexity index is 1330. The number of phenols is 1. The van der Waals surface area contributed by atoms with Crippen molar-refractivity contribution in [2.24, 2.45) is 0 Å². The molecule has 0 saturated heterocycles. The van der Waals surface area contributed by atoms with Gasteiger partial charge in [-0.2, -0.15) is 0 Å². The summed E-state index contributed by atoms with van der Waals surface area (Å²) in [6.07, 6.45) is 8.98. The number of carbonyl (C=O) groups is 1. The standard InChI is InChI=1S/C23H16N4O6/c1-2-11-24-19-5-3-4-6-20(19)25(14-15-12-16(26(30)31)7-9-21(15)28)23(24)18-13-17(27(32)33)8-10-22(18)29/h1,3-10,12-13,28H,11,14H2. The van der Waals surface area contributed by atoms with Crippen LogP contribution in [0.5, 0.6) is 5.75 Å². The lowest BCUT2D eigenvalue weighted by molar-refractivity contribution is -0.419. The average Bonchev–Trinajstić information content (AvgIpc) is 3.09. The number of ketones is 1. The number of hydrogen-bond acceptors (Lipinski definition) is 8. The minimum Gasteiger partial charge on any atom is -0.508 e. The molecule has 1 aliphatic carbocycles. The number of benzene rings is 2. The summed E-state index contributed by atoms with van der Waals surface area (Å²) in [5.41, 5.74) is 1.07. The lowest BCUT2D eigenvalue weighted by Crippen LogP contribution is -2.32. The highest BCUT2D eigenvalue weighted by molar-refractivity contribution is 6.09. The van der Waals surface area contributed by atoms with E-state index in [0.717, 1.165) is 12.2 Å². The van der Waals surface area contributed by atoms with E-state index in [-0.39, 0.29) is 47.2 Å². The van der Waals surface area contributed by atoms with Gasteiger partial charge in [0.1, 0.15) is 11.6 Å². The van der Waals surface area contributed by atoms with Crippen LogP contribution in [0.2, 0.25) is 0 Å². The fraction of sp³-hybridized carbons (Fsp3) is 0.0870. The molecule has 2 aliphatic rings. The van der Waals surface area contributed by atoms with Crippen LogP contribution in [0.1, 0.15) is 5.56 Å². The van der Waals surface area contributed by atoms with Crippen molar-refractivity contribution in [2.45, 2.75) is 6.54 Å². The summed E-state index contributed by atoms with van der Waals surface area (Å²) in [7, 11) is 0. The van der Waals surface area contributed by atoms with Crippen LogP contribution in [-0.2, 0) is 11.3 Å². The van der Waals surface area contributed by atoms with Crippen LogP contribution in [0.15, 0.2) is 77.8 Å². The van der Waals surface area contributed by atoms with Gasteiger partial charge < -0.3 is 14.9 Å². The molecule has 2 aromatic rings. The molecule has 33 heavy (non-hydrogen) atoms. The number of nitrogens with zero attached hydrogens (tertiary/aromatic N) is 4. The predicted octanol–water partition coefficient (Wildman–Crippen LogP) is 3.27. The number of anilines is 2. The number of phenolic OH excluding ortho intramolecular Hbond substituents is 1. The molecular formula is C23H16N4O6. The van der Waals surface area contributed by atoms with Gasteiger partial charge in [-0.3, -0.25) is 25.0 Å². The first-order valence-corrected chi connectivity index (χ1v) is 9.68. The summed E-state index contributed by atoms with van der Waals surface area (Å²) in [5.74, 6) is 2.19. The highest BCUT2D eigenvalue weighted by atomic mass is 16.6. The molecule has 1 heterocycles. The molecule has 0 atom stereocenters. The monoisotopic (exact) mass is 444 g/mol. The third-order valence-corrected chi connectivity index (χ3v) is 5.24. The molecular weight excluding hydrogens is 428 g/mol. The summed E-state index contributed by atoms with van der Waals surface area (Å²) in [6.45, 7) is 0.00889. The van der Waals surface area contributed by atoms with E-state index >= 15 is 0 Å². The van der Waals surface area contributed by atoms with Crippen molar-refractivity contribution in [3.05, 3.63) is 104 Å². The van der Waals surface area contributed by atoms with Gasteiger partial charge in [0.15, 0.2) is 5.78 Å². The number of nitro benzene ring substituents is 1. The number of aromatic hydroxyl groups is 1. The molecule has 0 amide bonds. The smallest absolute Gasteiger partial charge is 0.270 e. The third kappa shape index (κ3) is 3.79. The summed E-state index contributed by atoms with van der Waals surface area (Å²) in [4.78, 5) is 37.6. The quantitative estimate of drug-likeness (QED) is 0.322. The number of nitro groups is 2. The Kier molecular flexibility index (Phi) is 5.37. The predicted molar refractivity (Wildman–Crippen MR) is 120 cm³/mol. The summed E-state index contributed by atoms with van der Waals surface area (Å²) < 4.78 is 0. The molecule has 10 heteroatoms. The molecule has 0 saturated carbocycles. The lowest BCUT2D eigenvalue weighted by atomic mass is 10.0. The number of allylic oxidation sites excluding steroid dienone is 4. The largest absolute Gasteiger partial charge is 0.508 e. The Morgan fingerprint density at radius 3 is 2.33 bits per heavy atom. The Labute approximate surface area is 187 Å². The maximum atomic E-state index is 12.8. The highest BCUT2D eigenvalue weighted by Crippen LogP contribution is 2.44. The van der Waals surface area contributed by atoms with E-state index in [1.165, 1.54) is 24.3 Å². The summed E-state index contributed by atoms with van der Waals surface area (Å²) >= 11 is 0. The van der Waals surface area contributed by atoms with Gasteiger partial charge in [0.25, 0.3) is 11.4 Å². The van der Waals surface area contributed by atoms with E-state index in [4.69, 9.17) is 6.42 Å². The second-order valence-corrected chi connectivity index (χ2v) is 7.20. The number of non-ortho nitro benzene ring substituents is 1. The van der Waals surface area contributed by atoms with Gasteiger partial charge in [-0.05, 0) is 24.3 Å². The minimum atomic E-state index is -0.603. The number of para-hydroxylation sites is 2. The van der Waals surface area contributed by atoms with Crippen LogP contribution in [0.4, 0.5) is 17.1 Å². The topological polar surface area (TPSA) is 130 Å². The van der Waals surface area contributed by atoms with Crippen LogP contribution < -0.4 is 9.80 Å². The molecule has 4 rings (SSSR count). The Hall–Kier alpha value is -4.91. The third-order valence-electron chi connectivity index (χ3n) is 5.24. The molecule has 0 bridgehead atoms. The second-order valence-electron chi connectivity index (χ2n) is 7.20. The molecule has 0 spiro atoms. The number of hydrogen-bond donors (Lipinski definition) is 1. The Balaban J connectivity index is 1.94. The molecule has 0 aromatic heterocycles. The van der Waals surface area contributed by atoms with E-state index in [9.17, 15) is 30.1 Å². The molecule has 0 fully saturated rings. The fourth-order valence-electron chi connectivity index (χ4n) is 3.79. The van der Waals surface area contributed by atoms with Crippen LogP contribution in [0.25, 0.3) is 0 Å². The first kappa shape index (κ1) is 21.3. The van der Waals surface area contributed by atoms with Gasteiger partial charge in [-0.1, -0.05) is 18.1 Å². The summed E-state index contributed by atoms with van der Waals surface area (Å²) in [5, 5.41) is 33.0. The number of terminal acetylenes is 1. The van der Waals surface area contributed by atoms with Crippen molar-refractivity contribution in [3.63, 3.8) is 0 Å². The Morgan fingerprint density at radius 2 is 1.70 bits per heavy atom. The zero-order valence-electron chi connectivity index (χ0n) is 17.0. The van der Waals surface area contributed by atoms with Crippen molar-refractivity contribution in [2.75, 3.05) is 16.3 Å². The highest BCUT2D eigenvalue weighted by Gasteiger charge is 2.36. The minimum absolute atomic E-state index is 0.0422. The van der Waals surface area contributed by atoms with Gasteiger partial charge >= 0.3 is 0 Å². The molecule has 0 unspecified atom stereocenters. The molecule has 0 radical (unpaired) electrons. The lowest BCUT2D eigenvalue weighted by Gasteiger charge is -2.27. The van der Waals surface area contributed by atoms with Crippen molar-refractivity contribution in [3.8, 4) is 18.1 Å². The maximum Gasteiger partial charge on any atom is 0.270 e. The van der Waals surface area contributed by atoms with Crippen LogP contribution in [0, 0.1) is 32.6 Å². The SMILES string of the molecule is C#CCN1C(=C2C=C([N+](=O)[O-])C=CC2=O)N(Cc2cc([N+](=O)[O-])ccc2O)c2ccccc21. The van der Waals surface area contributed by atoms with Gasteiger partial charge in [-0.25, -0.2) is 0 Å². The molecule has 1 N–H and O–H groups in total. The Morgan fingerprint density at radius 1 is 1.00 bits per heavy atom. The van der Waals surface area contributed by atoms with Crippen molar-refractivity contribution >= 4 is 22.8 Å². The zero-order chi connectivity index (χ0) is 23.7. The molecule has 1 aliphatic heterocycles. The average molecular weight is 444 g/mol. The molecule has 2 aromatic carbocycles. The maximum absolute atomic E-state index is 12.8. The van der Waals surface area contributed by atoms with E-state index in [0.29, 0.717) is 11.4 Å². The fourth-order valence-corrected chi connectivity index (χ4v) is 3.79. The van der Waals surface area contributed by atoms with Gasteiger partial charge in [-0.15, -0.1) is 6.42 Å². The number of carbonyl (C=O) groups excluding carboxylic acids is 1. The zero-order valence-corrected chi connectivity index (χ0v) is 17.0. The second kappa shape index (κ2) is 8.32. The van der Waals surface area contributed by atoms with Crippen molar-refractivity contribution in [1.29, 1.82) is 0 Å². The van der Waals surface area contributed by atoms with Crippen LogP contribution in [0.3, 0.4) is 0 Å². The van der Waals surface area contributed by atoms with E-state index in [1.807, 2.05) is 0 Å². The van der Waals surface area contributed by atoms with Crippen LogP contribution >= 0.6 is 0 Å². The van der Waals surface area contributed by atoms with Gasteiger partial charge in [0.2, 0.25) is 0 Å². The normalized spacial score (nSPS) is 16.9. The van der Waals surface area contributed by atoms with Gasteiger partial charge in [0, 0.05) is 29.8 Å². The number of fused-ring (bicyclic) bond motifs is 1. The van der Waals surface area contributed by atoms with Crippen molar-refractivity contribution in [1.82, 2.24) is 0 Å². The van der Waals surface area contributed by atoms with E-state index in [2.05, 4.69) is 5.92 Å². The number of rotatable bonds is 5.